The fraction of sp³-hybridized carbons (Fsp3) is 0.0435. The van der Waals surface area contributed by atoms with Crippen LogP contribution in [0.25, 0.3) is 11.0 Å². The van der Waals surface area contributed by atoms with E-state index in [1.165, 1.54) is 0 Å². The molecule has 3 aromatic carbocycles. The number of para-hydroxylation sites is 2. The van der Waals surface area contributed by atoms with Crippen LogP contribution in [-0.4, -0.2) is 18.2 Å². The van der Waals surface area contributed by atoms with E-state index in [9.17, 15) is 9.59 Å². The zero-order valence-electron chi connectivity index (χ0n) is 15.0. The van der Waals surface area contributed by atoms with Gasteiger partial charge < -0.3 is 15.1 Å². The Labute approximate surface area is 162 Å². The molecule has 1 amide bonds. The first-order chi connectivity index (χ1) is 13.7. The van der Waals surface area contributed by atoms with E-state index in [0.717, 1.165) is 5.39 Å². The number of fused-ring (bicyclic) bond motifs is 1. The molecule has 1 aromatic heterocycles. The minimum atomic E-state index is -0.378. The Morgan fingerprint density at radius 1 is 0.786 bits per heavy atom. The van der Waals surface area contributed by atoms with Crippen molar-refractivity contribution in [2.24, 2.45) is 0 Å². The normalized spacial score (nSPS) is 10.6. The third kappa shape index (κ3) is 3.64. The van der Waals surface area contributed by atoms with Crippen LogP contribution in [0.5, 0.6) is 0 Å². The highest BCUT2D eigenvalue weighted by molar-refractivity contribution is 6.12. The van der Waals surface area contributed by atoms with E-state index >= 15 is 0 Å². The van der Waals surface area contributed by atoms with Gasteiger partial charge in [0.15, 0.2) is 5.78 Å². The van der Waals surface area contributed by atoms with E-state index in [2.05, 4.69) is 10.6 Å². The van der Waals surface area contributed by atoms with Gasteiger partial charge in [-0.25, -0.2) is 0 Å². The van der Waals surface area contributed by atoms with Crippen molar-refractivity contribution in [1.29, 1.82) is 0 Å². The first-order valence-corrected chi connectivity index (χ1v) is 8.92. The zero-order valence-corrected chi connectivity index (χ0v) is 15.0. The Bertz CT molecular complexity index is 1120. The van der Waals surface area contributed by atoms with E-state index in [1.807, 2.05) is 54.6 Å². The molecule has 0 radical (unpaired) electrons. The highest BCUT2D eigenvalue weighted by atomic mass is 16.3. The number of hydrogen-bond donors (Lipinski definition) is 2. The van der Waals surface area contributed by atoms with E-state index in [4.69, 9.17) is 4.42 Å². The van der Waals surface area contributed by atoms with Gasteiger partial charge in [-0.1, -0.05) is 60.7 Å². The number of anilines is 2. The van der Waals surface area contributed by atoms with Crippen molar-refractivity contribution in [3.63, 3.8) is 0 Å². The largest absolute Gasteiger partial charge is 0.449 e. The fourth-order valence-corrected chi connectivity index (χ4v) is 2.98. The van der Waals surface area contributed by atoms with Gasteiger partial charge in [-0.2, -0.15) is 0 Å². The number of ketones is 1. The summed E-state index contributed by atoms with van der Waals surface area (Å²) >= 11 is 0. The van der Waals surface area contributed by atoms with Gasteiger partial charge in [0, 0.05) is 16.6 Å². The zero-order chi connectivity index (χ0) is 19.3. The summed E-state index contributed by atoms with van der Waals surface area (Å²) in [4.78, 5) is 25.2. The minimum absolute atomic E-state index is 0.0547. The summed E-state index contributed by atoms with van der Waals surface area (Å²) in [5.74, 6) is -0.303. The second-order valence-electron chi connectivity index (χ2n) is 6.27. The highest BCUT2D eigenvalue weighted by Gasteiger charge is 2.21. The molecular weight excluding hydrogens is 352 g/mol. The monoisotopic (exact) mass is 370 g/mol. The van der Waals surface area contributed by atoms with Gasteiger partial charge in [0.2, 0.25) is 5.76 Å². The Balaban J connectivity index is 1.62. The molecule has 1 heterocycles. The highest BCUT2D eigenvalue weighted by Crippen LogP contribution is 2.31. The summed E-state index contributed by atoms with van der Waals surface area (Å²) in [6, 6.07) is 25.5. The molecule has 5 heteroatoms. The van der Waals surface area contributed by atoms with Crippen molar-refractivity contribution in [3.8, 4) is 0 Å². The fourth-order valence-electron chi connectivity index (χ4n) is 2.98. The summed E-state index contributed by atoms with van der Waals surface area (Å²) in [6.45, 7) is 0.0547. The molecule has 0 unspecified atom stereocenters. The lowest BCUT2D eigenvalue weighted by molar-refractivity contribution is 0.0991. The smallest absolute Gasteiger partial charge is 0.293 e. The Morgan fingerprint density at radius 3 is 2.18 bits per heavy atom. The lowest BCUT2D eigenvalue weighted by Crippen LogP contribution is -2.17. The van der Waals surface area contributed by atoms with Gasteiger partial charge in [-0.3, -0.25) is 9.59 Å². The number of benzene rings is 3. The first-order valence-electron chi connectivity index (χ1n) is 8.92. The number of nitrogens with one attached hydrogen (secondary N) is 2. The van der Waals surface area contributed by atoms with Crippen molar-refractivity contribution in [2.45, 2.75) is 0 Å². The van der Waals surface area contributed by atoms with Crippen molar-refractivity contribution in [1.82, 2.24) is 0 Å². The average Bonchev–Trinajstić information content (AvgIpc) is 3.12. The third-order valence-corrected chi connectivity index (χ3v) is 4.35. The quantitative estimate of drug-likeness (QED) is 0.470. The maximum absolute atomic E-state index is 12.8. The molecule has 0 aliphatic heterocycles. The molecule has 0 bridgehead atoms. The molecule has 28 heavy (non-hydrogen) atoms. The molecule has 138 valence electrons. The summed E-state index contributed by atoms with van der Waals surface area (Å²) in [7, 11) is 0. The van der Waals surface area contributed by atoms with Gasteiger partial charge in [0.1, 0.15) is 5.58 Å². The van der Waals surface area contributed by atoms with Crippen LogP contribution in [0.2, 0.25) is 0 Å². The molecule has 4 rings (SSSR count). The topological polar surface area (TPSA) is 71.3 Å². The van der Waals surface area contributed by atoms with Crippen molar-refractivity contribution in [3.05, 3.63) is 96.3 Å². The maximum atomic E-state index is 12.8. The minimum Gasteiger partial charge on any atom is -0.449 e. The number of amides is 1. The molecular formula is C23H18N2O3. The molecule has 0 aliphatic rings. The molecule has 0 saturated carbocycles. The lowest BCUT2D eigenvalue weighted by Gasteiger charge is -2.08. The SMILES string of the molecule is O=C(CNc1c(C(=O)Nc2ccccc2)oc2ccccc12)c1ccccc1. The summed E-state index contributed by atoms with van der Waals surface area (Å²) in [5.41, 5.74) is 2.36. The number of furan rings is 1. The molecule has 0 fully saturated rings. The van der Waals surface area contributed by atoms with E-state index in [-0.39, 0.29) is 24.0 Å². The van der Waals surface area contributed by atoms with Crippen LogP contribution in [0, 0.1) is 0 Å². The second-order valence-corrected chi connectivity index (χ2v) is 6.27. The van der Waals surface area contributed by atoms with Crippen LogP contribution in [0.1, 0.15) is 20.9 Å². The van der Waals surface area contributed by atoms with E-state index < -0.39 is 0 Å². The maximum Gasteiger partial charge on any atom is 0.293 e. The standard InChI is InChI=1S/C23H18N2O3/c26-19(16-9-3-1-4-10-16)15-24-21-18-13-7-8-14-20(18)28-22(21)23(27)25-17-11-5-2-6-12-17/h1-14,24H,15H2,(H,25,27). The van der Waals surface area contributed by atoms with Crippen LogP contribution in [0.4, 0.5) is 11.4 Å². The molecule has 5 nitrogen and oxygen atoms in total. The number of Topliss-reactive ketones (excluding diaryl/α,β-unsaturated/α-hetero) is 1. The Kier molecular flexibility index (Phi) is 4.89. The van der Waals surface area contributed by atoms with E-state index in [0.29, 0.717) is 22.5 Å². The second kappa shape index (κ2) is 7.80. The number of carbonyl (C=O) groups excluding carboxylic acids is 2. The van der Waals surface area contributed by atoms with Crippen LogP contribution in [0.3, 0.4) is 0 Å². The predicted octanol–water partition coefficient (Wildman–Crippen LogP) is 4.98. The van der Waals surface area contributed by atoms with Gasteiger partial charge in [-0.15, -0.1) is 0 Å². The summed E-state index contributed by atoms with van der Waals surface area (Å²) in [6.07, 6.45) is 0. The van der Waals surface area contributed by atoms with Gasteiger partial charge in [-0.05, 0) is 24.3 Å². The first kappa shape index (κ1) is 17.5. The van der Waals surface area contributed by atoms with Crippen LogP contribution in [0.15, 0.2) is 89.3 Å². The molecule has 0 atom stereocenters. The average molecular weight is 370 g/mol. The third-order valence-electron chi connectivity index (χ3n) is 4.35. The van der Waals surface area contributed by atoms with Crippen molar-refractivity contribution in [2.75, 3.05) is 17.2 Å². The molecule has 2 N–H and O–H groups in total. The Hall–Kier alpha value is -3.86. The van der Waals surface area contributed by atoms with Crippen LogP contribution < -0.4 is 10.6 Å². The molecule has 0 spiro atoms. The molecule has 0 aliphatic carbocycles. The Morgan fingerprint density at radius 2 is 1.43 bits per heavy atom. The van der Waals surface area contributed by atoms with Gasteiger partial charge in [0.05, 0.1) is 12.2 Å². The van der Waals surface area contributed by atoms with Gasteiger partial charge in [0.25, 0.3) is 5.91 Å². The van der Waals surface area contributed by atoms with Crippen molar-refractivity contribution >= 4 is 34.0 Å². The van der Waals surface area contributed by atoms with Gasteiger partial charge >= 0.3 is 0 Å². The van der Waals surface area contributed by atoms with Crippen LogP contribution in [-0.2, 0) is 0 Å². The van der Waals surface area contributed by atoms with E-state index in [1.54, 1.807) is 30.3 Å². The number of carbonyl (C=O) groups is 2. The summed E-state index contributed by atoms with van der Waals surface area (Å²) < 4.78 is 5.79. The van der Waals surface area contributed by atoms with Crippen molar-refractivity contribution < 1.29 is 14.0 Å². The molecule has 4 aromatic rings. The number of rotatable bonds is 6. The molecule has 0 saturated heterocycles. The lowest BCUT2D eigenvalue weighted by atomic mass is 10.1. The van der Waals surface area contributed by atoms with Crippen LogP contribution >= 0.6 is 0 Å². The predicted molar refractivity (Wildman–Crippen MR) is 110 cm³/mol. The number of hydrogen-bond acceptors (Lipinski definition) is 4. The summed E-state index contributed by atoms with van der Waals surface area (Å²) in [5, 5.41) is 6.67.